The molecule has 0 saturated carbocycles. The fourth-order valence-corrected chi connectivity index (χ4v) is 2.61. The van der Waals surface area contributed by atoms with E-state index < -0.39 is 4.92 Å². The Kier molecular flexibility index (Phi) is 5.27. The van der Waals surface area contributed by atoms with E-state index in [0.29, 0.717) is 18.8 Å². The van der Waals surface area contributed by atoms with E-state index in [0.717, 1.165) is 19.3 Å². The number of nitro groups is 1. The lowest BCUT2D eigenvalue weighted by Gasteiger charge is -2.28. The van der Waals surface area contributed by atoms with Gasteiger partial charge in [-0.2, -0.15) is 5.10 Å². The van der Waals surface area contributed by atoms with Gasteiger partial charge in [0.1, 0.15) is 11.9 Å². The summed E-state index contributed by atoms with van der Waals surface area (Å²) < 4.78 is 7.33. The average molecular weight is 298 g/mol. The fourth-order valence-electron chi connectivity index (χ4n) is 2.61. The van der Waals surface area contributed by atoms with E-state index in [-0.39, 0.29) is 24.6 Å². The van der Waals surface area contributed by atoms with Crippen molar-refractivity contribution < 1.29 is 14.8 Å². The SMILES string of the molecule is C[C@H](c1c([N+](=O)[O-])cnn1[C@H]1CCCCO1)N(C)CCO. The normalized spacial score (nSPS) is 20.7. The van der Waals surface area contributed by atoms with Crippen LogP contribution in [0, 0.1) is 10.1 Å². The Balaban J connectivity index is 2.34. The van der Waals surface area contributed by atoms with Crippen LogP contribution in [0.25, 0.3) is 0 Å². The number of rotatable bonds is 6. The van der Waals surface area contributed by atoms with Crippen molar-refractivity contribution in [3.05, 3.63) is 22.0 Å². The zero-order valence-electron chi connectivity index (χ0n) is 12.4. The van der Waals surface area contributed by atoms with E-state index in [9.17, 15) is 10.1 Å². The molecule has 0 spiro atoms. The fraction of sp³-hybridized carbons (Fsp3) is 0.769. The summed E-state index contributed by atoms with van der Waals surface area (Å²) in [6.45, 7) is 2.97. The van der Waals surface area contributed by atoms with E-state index in [1.54, 1.807) is 4.68 Å². The minimum absolute atomic E-state index is 0.00135. The number of aromatic nitrogens is 2. The van der Waals surface area contributed by atoms with Crippen molar-refractivity contribution in [1.29, 1.82) is 0 Å². The molecule has 21 heavy (non-hydrogen) atoms. The lowest BCUT2D eigenvalue weighted by atomic mass is 10.1. The van der Waals surface area contributed by atoms with Gasteiger partial charge >= 0.3 is 5.69 Å². The number of ether oxygens (including phenoxy) is 1. The molecule has 0 aliphatic carbocycles. The van der Waals surface area contributed by atoms with Crippen molar-refractivity contribution in [2.75, 3.05) is 26.8 Å². The number of likely N-dealkylation sites (N-methyl/N-ethyl adjacent to an activating group) is 1. The molecule has 1 aliphatic heterocycles. The van der Waals surface area contributed by atoms with Gasteiger partial charge in [0.15, 0.2) is 6.23 Å². The predicted octanol–water partition coefficient (Wildman–Crippen LogP) is 1.48. The molecule has 1 aromatic heterocycles. The third kappa shape index (κ3) is 3.39. The molecule has 0 bridgehead atoms. The number of aliphatic hydroxyl groups is 1. The molecular weight excluding hydrogens is 276 g/mol. The van der Waals surface area contributed by atoms with Gasteiger partial charge in [0.05, 0.1) is 17.6 Å². The Bertz CT molecular complexity index is 485. The van der Waals surface area contributed by atoms with Gasteiger partial charge in [0.25, 0.3) is 0 Å². The first-order chi connectivity index (χ1) is 10.1. The first-order valence-electron chi connectivity index (χ1n) is 7.20. The Labute approximate surface area is 123 Å². The van der Waals surface area contributed by atoms with Gasteiger partial charge in [-0.25, -0.2) is 4.68 Å². The van der Waals surface area contributed by atoms with Crippen LogP contribution < -0.4 is 0 Å². The summed E-state index contributed by atoms with van der Waals surface area (Å²) in [6, 6.07) is -0.231. The minimum Gasteiger partial charge on any atom is -0.395 e. The lowest BCUT2D eigenvalue weighted by Crippen LogP contribution is -2.30. The first-order valence-corrected chi connectivity index (χ1v) is 7.20. The Hall–Kier alpha value is -1.51. The molecule has 2 atom stereocenters. The van der Waals surface area contributed by atoms with Crippen molar-refractivity contribution in [2.24, 2.45) is 0 Å². The molecule has 1 aromatic rings. The highest BCUT2D eigenvalue weighted by atomic mass is 16.6. The Morgan fingerprint density at radius 1 is 1.67 bits per heavy atom. The van der Waals surface area contributed by atoms with Crippen molar-refractivity contribution in [2.45, 2.75) is 38.5 Å². The van der Waals surface area contributed by atoms with E-state index in [4.69, 9.17) is 9.84 Å². The van der Waals surface area contributed by atoms with Crippen LogP contribution in [-0.4, -0.2) is 51.5 Å². The molecule has 0 unspecified atom stereocenters. The topological polar surface area (TPSA) is 93.7 Å². The van der Waals surface area contributed by atoms with Crippen molar-refractivity contribution in [3.63, 3.8) is 0 Å². The predicted molar refractivity (Wildman–Crippen MR) is 75.9 cm³/mol. The average Bonchev–Trinajstić information content (AvgIpc) is 2.92. The van der Waals surface area contributed by atoms with Crippen molar-refractivity contribution in [1.82, 2.24) is 14.7 Å². The smallest absolute Gasteiger partial charge is 0.311 e. The van der Waals surface area contributed by atoms with Gasteiger partial charge in [0.2, 0.25) is 0 Å². The van der Waals surface area contributed by atoms with E-state index in [1.165, 1.54) is 6.20 Å². The van der Waals surface area contributed by atoms with E-state index in [2.05, 4.69) is 5.10 Å². The third-order valence-corrected chi connectivity index (χ3v) is 3.95. The minimum atomic E-state index is -0.412. The summed E-state index contributed by atoms with van der Waals surface area (Å²) in [7, 11) is 1.82. The van der Waals surface area contributed by atoms with Crippen LogP contribution in [0.1, 0.15) is 44.1 Å². The quantitative estimate of drug-likeness (QED) is 0.631. The van der Waals surface area contributed by atoms with Crippen LogP contribution in [0.2, 0.25) is 0 Å². The van der Waals surface area contributed by atoms with Gasteiger partial charge in [-0.15, -0.1) is 0 Å². The molecule has 2 heterocycles. The molecule has 2 rings (SSSR count). The van der Waals surface area contributed by atoms with Crippen LogP contribution >= 0.6 is 0 Å². The maximum Gasteiger partial charge on any atom is 0.311 e. The van der Waals surface area contributed by atoms with Crippen LogP contribution in [0.4, 0.5) is 5.69 Å². The molecule has 1 N–H and O–H groups in total. The molecule has 1 saturated heterocycles. The Morgan fingerprint density at radius 2 is 2.43 bits per heavy atom. The highest BCUT2D eigenvalue weighted by Gasteiger charge is 2.31. The molecule has 8 nitrogen and oxygen atoms in total. The zero-order valence-corrected chi connectivity index (χ0v) is 12.4. The number of nitrogens with zero attached hydrogens (tertiary/aromatic N) is 4. The van der Waals surface area contributed by atoms with Gasteiger partial charge in [-0.05, 0) is 33.2 Å². The van der Waals surface area contributed by atoms with Gasteiger partial charge in [0, 0.05) is 13.2 Å². The largest absolute Gasteiger partial charge is 0.395 e. The number of hydrogen-bond donors (Lipinski definition) is 1. The molecule has 118 valence electrons. The molecule has 0 amide bonds. The maximum absolute atomic E-state index is 11.2. The monoisotopic (exact) mass is 298 g/mol. The van der Waals surface area contributed by atoms with E-state index >= 15 is 0 Å². The maximum atomic E-state index is 11.2. The molecule has 0 radical (unpaired) electrons. The van der Waals surface area contributed by atoms with Crippen LogP contribution in [0.3, 0.4) is 0 Å². The van der Waals surface area contributed by atoms with Gasteiger partial charge in [-0.3, -0.25) is 15.0 Å². The highest BCUT2D eigenvalue weighted by Crippen LogP contribution is 2.33. The summed E-state index contributed by atoms with van der Waals surface area (Å²) in [5.74, 6) is 0. The highest BCUT2D eigenvalue weighted by molar-refractivity contribution is 5.35. The molecular formula is C13H22N4O4. The second-order valence-electron chi connectivity index (χ2n) is 5.32. The molecule has 8 heteroatoms. The van der Waals surface area contributed by atoms with Crippen LogP contribution in [0.5, 0.6) is 0 Å². The summed E-state index contributed by atoms with van der Waals surface area (Å²) in [6.07, 6.45) is 3.89. The molecule has 0 aromatic carbocycles. The van der Waals surface area contributed by atoms with Crippen molar-refractivity contribution >= 4 is 5.69 Å². The number of aliphatic hydroxyl groups excluding tert-OH is 1. The summed E-state index contributed by atoms with van der Waals surface area (Å²) in [4.78, 5) is 12.7. The molecule has 1 fully saturated rings. The third-order valence-electron chi connectivity index (χ3n) is 3.95. The van der Waals surface area contributed by atoms with Gasteiger partial charge < -0.3 is 9.84 Å². The second-order valence-corrected chi connectivity index (χ2v) is 5.32. The standard InChI is InChI=1S/C13H22N4O4/c1-10(15(2)6-7-18)13-11(17(19)20)9-14-16(13)12-5-3-4-8-21-12/h9-10,12,18H,3-8H2,1-2H3/t10-,12-/m1/s1. The van der Waals surface area contributed by atoms with Gasteiger partial charge in [-0.1, -0.05) is 0 Å². The lowest BCUT2D eigenvalue weighted by molar-refractivity contribution is -0.386. The second kappa shape index (κ2) is 6.97. The molecule has 1 aliphatic rings. The zero-order chi connectivity index (χ0) is 15.4. The van der Waals surface area contributed by atoms with Crippen LogP contribution in [0.15, 0.2) is 6.20 Å². The van der Waals surface area contributed by atoms with Crippen LogP contribution in [-0.2, 0) is 4.74 Å². The first kappa shape index (κ1) is 15.9. The summed E-state index contributed by atoms with van der Waals surface area (Å²) in [5.41, 5.74) is 0.532. The van der Waals surface area contributed by atoms with E-state index in [1.807, 2.05) is 18.9 Å². The summed E-state index contributed by atoms with van der Waals surface area (Å²) in [5, 5.41) is 24.5. The van der Waals surface area contributed by atoms with Crippen molar-refractivity contribution in [3.8, 4) is 0 Å². The number of hydrogen-bond acceptors (Lipinski definition) is 6. The Morgan fingerprint density at radius 3 is 3.00 bits per heavy atom. The summed E-state index contributed by atoms with van der Waals surface area (Å²) >= 11 is 0.